The Bertz CT molecular complexity index is 459. The van der Waals surface area contributed by atoms with Gasteiger partial charge in [0.2, 0.25) is 0 Å². The topological polar surface area (TPSA) is 75.3 Å². The normalized spacial score (nSPS) is 14.1. The summed E-state index contributed by atoms with van der Waals surface area (Å²) in [5.74, 6) is -0.228. The molecule has 1 rings (SSSR count). The first-order valence-electron chi connectivity index (χ1n) is 5.83. The Hall–Kier alpha value is -1.07. The summed E-state index contributed by atoms with van der Waals surface area (Å²) < 4.78 is 0.762. The number of halogens is 1. The third-order valence-electron chi connectivity index (χ3n) is 3.05. The number of anilines is 1. The Morgan fingerprint density at radius 2 is 2.17 bits per heavy atom. The minimum absolute atomic E-state index is 0.216. The zero-order valence-electron chi connectivity index (χ0n) is 10.9. The van der Waals surface area contributed by atoms with E-state index in [1.165, 1.54) is 0 Å². The number of rotatable bonds is 4. The largest absolute Gasteiger partial charge is 0.398 e. The van der Waals surface area contributed by atoms with Crippen molar-refractivity contribution in [1.29, 1.82) is 0 Å². The fraction of sp³-hybridized carbons (Fsp3) is 0.462. The van der Waals surface area contributed by atoms with Crippen molar-refractivity contribution < 1.29 is 9.90 Å². The van der Waals surface area contributed by atoms with E-state index in [4.69, 9.17) is 5.73 Å². The van der Waals surface area contributed by atoms with E-state index in [9.17, 15) is 9.90 Å². The van der Waals surface area contributed by atoms with Crippen LogP contribution >= 0.6 is 15.9 Å². The highest BCUT2D eigenvalue weighted by Crippen LogP contribution is 2.22. The summed E-state index contributed by atoms with van der Waals surface area (Å²) in [5.41, 5.74) is 6.75. The Kier molecular flexibility index (Phi) is 4.76. The maximum atomic E-state index is 12.0. The van der Waals surface area contributed by atoms with Crippen LogP contribution in [0.4, 0.5) is 5.69 Å². The Morgan fingerprint density at radius 3 is 2.72 bits per heavy atom. The second-order valence-electron chi connectivity index (χ2n) is 4.70. The lowest BCUT2D eigenvalue weighted by molar-refractivity contribution is 0.0518. The second kappa shape index (κ2) is 5.71. The van der Waals surface area contributed by atoms with E-state index in [1.54, 1.807) is 26.0 Å². The van der Waals surface area contributed by atoms with Gasteiger partial charge in [0.05, 0.1) is 5.60 Å². The number of amides is 1. The highest BCUT2D eigenvalue weighted by atomic mass is 79.9. The van der Waals surface area contributed by atoms with Gasteiger partial charge in [0.1, 0.15) is 0 Å². The SMILES string of the molecule is CCC(C)(O)CNC(=O)c1cc(Br)cc(N)c1C. The first-order chi connectivity index (χ1) is 8.26. The molecular weight excluding hydrogens is 296 g/mol. The van der Waals surface area contributed by atoms with E-state index in [0.29, 0.717) is 17.7 Å². The molecule has 0 aliphatic rings. The van der Waals surface area contributed by atoms with Crippen LogP contribution in [0.2, 0.25) is 0 Å². The van der Waals surface area contributed by atoms with Crippen LogP contribution in [0.15, 0.2) is 16.6 Å². The summed E-state index contributed by atoms with van der Waals surface area (Å²) in [7, 11) is 0. The van der Waals surface area contributed by atoms with Crippen molar-refractivity contribution in [2.75, 3.05) is 12.3 Å². The van der Waals surface area contributed by atoms with Crippen molar-refractivity contribution in [3.8, 4) is 0 Å². The van der Waals surface area contributed by atoms with Crippen molar-refractivity contribution >= 4 is 27.5 Å². The summed E-state index contributed by atoms with van der Waals surface area (Å²) in [5, 5.41) is 12.6. The van der Waals surface area contributed by atoms with Gasteiger partial charge < -0.3 is 16.2 Å². The van der Waals surface area contributed by atoms with Crippen molar-refractivity contribution in [2.24, 2.45) is 0 Å². The molecule has 0 aromatic heterocycles. The van der Waals surface area contributed by atoms with Gasteiger partial charge in [0.25, 0.3) is 5.91 Å². The number of nitrogens with one attached hydrogen (secondary N) is 1. The van der Waals surface area contributed by atoms with Gasteiger partial charge in [0, 0.05) is 22.3 Å². The van der Waals surface area contributed by atoms with Gasteiger partial charge in [-0.15, -0.1) is 0 Å². The van der Waals surface area contributed by atoms with Crippen molar-refractivity contribution in [3.63, 3.8) is 0 Å². The fourth-order valence-corrected chi connectivity index (χ4v) is 1.90. The Balaban J connectivity index is 2.85. The molecule has 4 nitrogen and oxygen atoms in total. The number of carbonyl (C=O) groups excluding carboxylic acids is 1. The maximum Gasteiger partial charge on any atom is 0.251 e. The van der Waals surface area contributed by atoms with Gasteiger partial charge in [0.15, 0.2) is 0 Å². The molecule has 0 saturated carbocycles. The van der Waals surface area contributed by atoms with Gasteiger partial charge in [-0.1, -0.05) is 22.9 Å². The number of hydrogen-bond acceptors (Lipinski definition) is 3. The number of nitrogens with two attached hydrogens (primary N) is 1. The molecule has 1 unspecified atom stereocenters. The molecule has 0 spiro atoms. The van der Waals surface area contributed by atoms with Gasteiger partial charge in [-0.05, 0) is 38.0 Å². The average Bonchev–Trinajstić information content (AvgIpc) is 2.31. The molecule has 1 aromatic rings. The third-order valence-corrected chi connectivity index (χ3v) is 3.51. The molecule has 0 saturated heterocycles. The molecule has 0 aliphatic heterocycles. The summed E-state index contributed by atoms with van der Waals surface area (Å²) in [6, 6.07) is 3.48. The number of carbonyl (C=O) groups is 1. The molecule has 0 bridgehead atoms. The van der Waals surface area contributed by atoms with E-state index in [2.05, 4.69) is 21.2 Å². The van der Waals surface area contributed by atoms with Crippen LogP contribution in [-0.4, -0.2) is 23.2 Å². The molecule has 1 amide bonds. The highest BCUT2D eigenvalue weighted by molar-refractivity contribution is 9.10. The van der Waals surface area contributed by atoms with E-state index in [-0.39, 0.29) is 12.5 Å². The predicted molar refractivity (Wildman–Crippen MR) is 76.5 cm³/mol. The lowest BCUT2D eigenvalue weighted by Crippen LogP contribution is -2.40. The summed E-state index contributed by atoms with van der Waals surface area (Å²) in [4.78, 5) is 12.0. The third kappa shape index (κ3) is 3.71. The molecule has 1 atom stereocenters. The molecule has 100 valence electrons. The van der Waals surface area contributed by atoms with Crippen LogP contribution in [0.1, 0.15) is 36.2 Å². The van der Waals surface area contributed by atoms with Gasteiger partial charge in [-0.3, -0.25) is 4.79 Å². The minimum Gasteiger partial charge on any atom is -0.398 e. The molecule has 0 fully saturated rings. The van der Waals surface area contributed by atoms with E-state index >= 15 is 0 Å². The van der Waals surface area contributed by atoms with Crippen LogP contribution in [0.3, 0.4) is 0 Å². The van der Waals surface area contributed by atoms with Crippen LogP contribution in [0.25, 0.3) is 0 Å². The quantitative estimate of drug-likeness (QED) is 0.746. The van der Waals surface area contributed by atoms with E-state index < -0.39 is 5.60 Å². The van der Waals surface area contributed by atoms with Crippen LogP contribution in [0, 0.1) is 6.92 Å². The second-order valence-corrected chi connectivity index (χ2v) is 5.62. The molecule has 5 heteroatoms. The molecule has 4 N–H and O–H groups in total. The molecule has 0 heterocycles. The first kappa shape index (κ1) is 15.0. The zero-order chi connectivity index (χ0) is 13.9. The minimum atomic E-state index is -0.888. The molecule has 18 heavy (non-hydrogen) atoms. The highest BCUT2D eigenvalue weighted by Gasteiger charge is 2.20. The lowest BCUT2D eigenvalue weighted by atomic mass is 10.0. The van der Waals surface area contributed by atoms with Gasteiger partial charge in [-0.25, -0.2) is 0 Å². The van der Waals surface area contributed by atoms with Crippen LogP contribution < -0.4 is 11.1 Å². The number of benzene rings is 1. The maximum absolute atomic E-state index is 12.0. The standard InChI is InChI=1S/C13H19BrN2O2/c1-4-13(3,18)7-16-12(17)10-5-9(14)6-11(15)8(10)2/h5-6,18H,4,7,15H2,1-3H3,(H,16,17). The predicted octanol–water partition coefficient (Wildman–Crippen LogP) is 2.23. The zero-order valence-corrected chi connectivity index (χ0v) is 12.5. The van der Waals surface area contributed by atoms with Crippen molar-refractivity contribution in [2.45, 2.75) is 32.8 Å². The summed E-state index contributed by atoms with van der Waals surface area (Å²) in [6.45, 7) is 5.58. The molecule has 0 radical (unpaired) electrons. The molecule has 0 aliphatic carbocycles. The first-order valence-corrected chi connectivity index (χ1v) is 6.62. The van der Waals surface area contributed by atoms with Crippen LogP contribution in [0.5, 0.6) is 0 Å². The number of aliphatic hydroxyl groups is 1. The molecular formula is C13H19BrN2O2. The monoisotopic (exact) mass is 314 g/mol. The van der Waals surface area contributed by atoms with Gasteiger partial charge in [-0.2, -0.15) is 0 Å². The van der Waals surface area contributed by atoms with E-state index in [0.717, 1.165) is 10.0 Å². The number of hydrogen-bond donors (Lipinski definition) is 3. The lowest BCUT2D eigenvalue weighted by Gasteiger charge is -2.22. The smallest absolute Gasteiger partial charge is 0.251 e. The molecule has 1 aromatic carbocycles. The van der Waals surface area contributed by atoms with Crippen LogP contribution in [-0.2, 0) is 0 Å². The summed E-state index contributed by atoms with van der Waals surface area (Å²) in [6.07, 6.45) is 0.576. The fourth-order valence-electron chi connectivity index (χ4n) is 1.43. The Morgan fingerprint density at radius 1 is 1.56 bits per heavy atom. The van der Waals surface area contributed by atoms with Crippen molar-refractivity contribution in [1.82, 2.24) is 5.32 Å². The number of nitrogen functional groups attached to an aromatic ring is 1. The van der Waals surface area contributed by atoms with E-state index in [1.807, 2.05) is 6.92 Å². The average molecular weight is 315 g/mol. The Labute approximate surface area is 116 Å². The summed E-state index contributed by atoms with van der Waals surface area (Å²) >= 11 is 3.31. The van der Waals surface area contributed by atoms with Crippen molar-refractivity contribution in [3.05, 3.63) is 27.7 Å². The van der Waals surface area contributed by atoms with Gasteiger partial charge >= 0.3 is 0 Å².